The zero-order valence-corrected chi connectivity index (χ0v) is 12.2. The molecule has 19 heavy (non-hydrogen) atoms. The summed E-state index contributed by atoms with van der Waals surface area (Å²) in [5.74, 6) is 4.00. The number of rotatable bonds is 2. The molecule has 1 aromatic rings. The SMILES string of the molecule is CC1CCc2nnc(CC3CCS(=O)(=O)CC3)n2C1. The van der Waals surface area contributed by atoms with Gasteiger partial charge >= 0.3 is 0 Å². The molecule has 0 aromatic carbocycles. The number of fused-ring (bicyclic) bond motifs is 1. The Morgan fingerprint density at radius 1 is 1.21 bits per heavy atom. The van der Waals surface area contributed by atoms with E-state index < -0.39 is 9.84 Å². The summed E-state index contributed by atoms with van der Waals surface area (Å²) in [5, 5.41) is 8.61. The zero-order chi connectivity index (χ0) is 13.5. The van der Waals surface area contributed by atoms with E-state index in [9.17, 15) is 8.42 Å². The monoisotopic (exact) mass is 283 g/mol. The quantitative estimate of drug-likeness (QED) is 0.819. The first-order valence-electron chi connectivity index (χ1n) is 7.15. The van der Waals surface area contributed by atoms with Gasteiger partial charge in [0.25, 0.3) is 0 Å². The standard InChI is InChI=1S/C13H21N3O2S/c1-10-2-3-12-14-15-13(16(12)9-10)8-11-4-6-19(17,18)7-5-11/h10-11H,2-9H2,1H3. The average molecular weight is 283 g/mol. The highest BCUT2D eigenvalue weighted by atomic mass is 32.2. The van der Waals surface area contributed by atoms with Crippen molar-refractivity contribution >= 4 is 9.84 Å². The Balaban J connectivity index is 1.69. The molecule has 3 rings (SSSR count). The van der Waals surface area contributed by atoms with E-state index in [-0.39, 0.29) is 0 Å². The number of hydrogen-bond acceptors (Lipinski definition) is 4. The minimum absolute atomic E-state index is 0.342. The Kier molecular flexibility index (Phi) is 3.37. The van der Waals surface area contributed by atoms with E-state index in [2.05, 4.69) is 21.7 Å². The first-order valence-corrected chi connectivity index (χ1v) is 8.97. The fourth-order valence-corrected chi connectivity index (χ4v) is 4.69. The van der Waals surface area contributed by atoms with Crippen LogP contribution in [0.2, 0.25) is 0 Å². The van der Waals surface area contributed by atoms with Crippen molar-refractivity contribution in [3.63, 3.8) is 0 Å². The molecule has 2 aliphatic rings. The highest BCUT2D eigenvalue weighted by Crippen LogP contribution is 2.25. The summed E-state index contributed by atoms with van der Waals surface area (Å²) >= 11 is 0. The fraction of sp³-hybridized carbons (Fsp3) is 0.846. The summed E-state index contributed by atoms with van der Waals surface area (Å²) in [5.41, 5.74) is 0. The minimum atomic E-state index is -2.76. The van der Waals surface area contributed by atoms with Crippen LogP contribution >= 0.6 is 0 Å². The van der Waals surface area contributed by atoms with Crippen LogP contribution in [0.1, 0.15) is 37.8 Å². The number of sulfone groups is 1. The Bertz CT molecular complexity index is 550. The Morgan fingerprint density at radius 2 is 1.95 bits per heavy atom. The van der Waals surface area contributed by atoms with Crippen LogP contribution in [0.15, 0.2) is 0 Å². The van der Waals surface area contributed by atoms with Crippen molar-refractivity contribution in [2.75, 3.05) is 11.5 Å². The second-order valence-electron chi connectivity index (χ2n) is 6.09. The van der Waals surface area contributed by atoms with Gasteiger partial charge in [0.2, 0.25) is 0 Å². The van der Waals surface area contributed by atoms with Gasteiger partial charge in [0, 0.05) is 19.4 Å². The van der Waals surface area contributed by atoms with Crippen molar-refractivity contribution in [1.29, 1.82) is 0 Å². The fourth-order valence-electron chi connectivity index (χ4n) is 3.10. The zero-order valence-electron chi connectivity index (χ0n) is 11.4. The summed E-state index contributed by atoms with van der Waals surface area (Å²) in [4.78, 5) is 0. The molecule has 0 bridgehead atoms. The Labute approximate surface area is 114 Å². The van der Waals surface area contributed by atoms with Crippen LogP contribution < -0.4 is 0 Å². The summed E-state index contributed by atoms with van der Waals surface area (Å²) < 4.78 is 25.1. The topological polar surface area (TPSA) is 64.8 Å². The first-order chi connectivity index (χ1) is 9.03. The van der Waals surface area contributed by atoms with Crippen molar-refractivity contribution in [2.24, 2.45) is 11.8 Å². The Hall–Kier alpha value is -0.910. The van der Waals surface area contributed by atoms with E-state index >= 15 is 0 Å². The average Bonchev–Trinajstić information content (AvgIpc) is 2.75. The predicted octanol–water partition coefficient (Wildman–Crippen LogP) is 1.23. The lowest BCUT2D eigenvalue weighted by molar-refractivity contribution is 0.373. The van der Waals surface area contributed by atoms with Crippen molar-refractivity contribution in [3.05, 3.63) is 11.6 Å². The predicted molar refractivity (Wildman–Crippen MR) is 72.6 cm³/mol. The molecule has 1 saturated heterocycles. The van der Waals surface area contributed by atoms with Gasteiger partial charge in [-0.3, -0.25) is 0 Å². The minimum Gasteiger partial charge on any atom is -0.315 e. The molecule has 0 radical (unpaired) electrons. The van der Waals surface area contributed by atoms with Gasteiger partial charge in [0.15, 0.2) is 0 Å². The van der Waals surface area contributed by atoms with Gasteiger partial charge in [0.1, 0.15) is 21.5 Å². The highest BCUT2D eigenvalue weighted by Gasteiger charge is 2.27. The molecule has 0 saturated carbocycles. The summed E-state index contributed by atoms with van der Waals surface area (Å²) in [7, 11) is -2.76. The molecule has 1 atom stereocenters. The van der Waals surface area contributed by atoms with Gasteiger partial charge < -0.3 is 4.57 Å². The van der Waals surface area contributed by atoms with Crippen LogP contribution in [0, 0.1) is 11.8 Å². The van der Waals surface area contributed by atoms with Gasteiger partial charge in [-0.25, -0.2) is 8.42 Å². The molecular weight excluding hydrogens is 262 g/mol. The lowest BCUT2D eigenvalue weighted by Gasteiger charge is -2.24. The van der Waals surface area contributed by atoms with Crippen molar-refractivity contribution in [3.8, 4) is 0 Å². The molecule has 0 aliphatic carbocycles. The Morgan fingerprint density at radius 3 is 2.68 bits per heavy atom. The molecular formula is C13H21N3O2S. The summed E-state index contributed by atoms with van der Waals surface area (Å²) in [6.07, 6.45) is 4.66. The van der Waals surface area contributed by atoms with Gasteiger partial charge in [-0.1, -0.05) is 6.92 Å². The van der Waals surface area contributed by atoms with E-state index in [1.807, 2.05) is 0 Å². The van der Waals surface area contributed by atoms with Crippen molar-refractivity contribution in [2.45, 2.75) is 45.6 Å². The normalized spacial score (nSPS) is 27.1. The molecule has 1 fully saturated rings. The summed E-state index contributed by atoms with van der Waals surface area (Å²) in [6.45, 7) is 3.28. The second-order valence-corrected chi connectivity index (χ2v) is 8.39. The van der Waals surface area contributed by atoms with Crippen LogP contribution in [0.5, 0.6) is 0 Å². The van der Waals surface area contributed by atoms with Crippen molar-refractivity contribution in [1.82, 2.24) is 14.8 Å². The summed E-state index contributed by atoms with van der Waals surface area (Å²) in [6, 6.07) is 0. The number of nitrogens with zero attached hydrogens (tertiary/aromatic N) is 3. The van der Waals surface area contributed by atoms with Gasteiger partial charge in [0.05, 0.1) is 11.5 Å². The number of hydrogen-bond donors (Lipinski definition) is 0. The molecule has 1 unspecified atom stereocenters. The van der Waals surface area contributed by atoms with Gasteiger partial charge in [-0.05, 0) is 31.1 Å². The van der Waals surface area contributed by atoms with Crippen molar-refractivity contribution < 1.29 is 8.42 Å². The third-order valence-corrected chi connectivity index (χ3v) is 6.12. The molecule has 3 heterocycles. The highest BCUT2D eigenvalue weighted by molar-refractivity contribution is 7.91. The van der Waals surface area contributed by atoms with E-state index in [1.54, 1.807) is 0 Å². The number of aryl methyl sites for hydroxylation is 1. The van der Waals surface area contributed by atoms with Crippen LogP contribution in [0.3, 0.4) is 0 Å². The maximum Gasteiger partial charge on any atom is 0.150 e. The maximum atomic E-state index is 11.4. The molecule has 0 amide bonds. The van der Waals surface area contributed by atoms with E-state index in [0.29, 0.717) is 23.3 Å². The van der Waals surface area contributed by atoms with E-state index in [0.717, 1.165) is 43.9 Å². The second kappa shape index (κ2) is 4.89. The van der Waals surface area contributed by atoms with Crippen LogP contribution in [-0.2, 0) is 29.2 Å². The molecule has 2 aliphatic heterocycles. The molecule has 0 N–H and O–H groups in total. The van der Waals surface area contributed by atoms with E-state index in [4.69, 9.17) is 0 Å². The lowest BCUT2D eigenvalue weighted by atomic mass is 9.97. The third-order valence-electron chi connectivity index (χ3n) is 4.40. The first kappa shape index (κ1) is 13.1. The number of aromatic nitrogens is 3. The van der Waals surface area contributed by atoms with Crippen LogP contribution in [0.4, 0.5) is 0 Å². The molecule has 106 valence electrons. The molecule has 5 nitrogen and oxygen atoms in total. The smallest absolute Gasteiger partial charge is 0.150 e. The molecule has 6 heteroatoms. The lowest BCUT2D eigenvalue weighted by Crippen LogP contribution is -2.26. The maximum absolute atomic E-state index is 11.4. The van der Waals surface area contributed by atoms with E-state index in [1.165, 1.54) is 6.42 Å². The molecule has 0 spiro atoms. The third kappa shape index (κ3) is 2.83. The van der Waals surface area contributed by atoms with Gasteiger partial charge in [-0.2, -0.15) is 0 Å². The largest absolute Gasteiger partial charge is 0.315 e. The van der Waals surface area contributed by atoms with Crippen LogP contribution in [0.25, 0.3) is 0 Å². The van der Waals surface area contributed by atoms with Gasteiger partial charge in [-0.15, -0.1) is 10.2 Å². The van der Waals surface area contributed by atoms with Crippen LogP contribution in [-0.4, -0.2) is 34.7 Å². The molecule has 1 aromatic heterocycles.